The van der Waals surface area contributed by atoms with Crippen LogP contribution in [-0.4, -0.2) is 27.3 Å². The zero-order valence-electron chi connectivity index (χ0n) is 12.0. The second kappa shape index (κ2) is 7.98. The van der Waals surface area contributed by atoms with Crippen molar-refractivity contribution < 1.29 is 9.47 Å². The topological polar surface area (TPSA) is 30.5 Å². The number of ether oxygens (including phenoxy) is 2. The van der Waals surface area contributed by atoms with Crippen LogP contribution in [0.1, 0.15) is 25.8 Å². The predicted molar refractivity (Wildman–Crippen MR) is 75.6 cm³/mol. The molecule has 0 aliphatic carbocycles. The third-order valence-electron chi connectivity index (χ3n) is 2.94. The highest BCUT2D eigenvalue weighted by Gasteiger charge is 2.04. The van der Waals surface area contributed by atoms with Crippen molar-refractivity contribution in [2.45, 2.75) is 26.7 Å². The fourth-order valence-electron chi connectivity index (χ4n) is 1.78. The van der Waals surface area contributed by atoms with Crippen LogP contribution in [0.3, 0.4) is 0 Å². The van der Waals surface area contributed by atoms with Crippen LogP contribution in [0.15, 0.2) is 18.2 Å². The van der Waals surface area contributed by atoms with Gasteiger partial charge in [-0.3, -0.25) is 0 Å². The Hall–Kier alpha value is -1.22. The van der Waals surface area contributed by atoms with Crippen LogP contribution in [-0.2, 0) is 6.42 Å². The van der Waals surface area contributed by atoms with E-state index in [2.05, 4.69) is 25.2 Å². The monoisotopic (exact) mass is 251 g/mol. The molecule has 0 saturated carbocycles. The lowest BCUT2D eigenvalue weighted by Gasteiger charge is -2.10. The summed E-state index contributed by atoms with van der Waals surface area (Å²) in [4.78, 5) is 0. The van der Waals surface area contributed by atoms with Crippen molar-refractivity contribution in [2.75, 3.05) is 27.3 Å². The number of hydrogen-bond acceptors (Lipinski definition) is 3. The lowest BCUT2D eigenvalue weighted by atomic mass is 10.1. The Labute approximate surface area is 110 Å². The third kappa shape index (κ3) is 4.96. The van der Waals surface area contributed by atoms with Gasteiger partial charge in [-0.2, -0.15) is 0 Å². The summed E-state index contributed by atoms with van der Waals surface area (Å²) in [6.07, 6.45) is 2.24. The largest absolute Gasteiger partial charge is 0.493 e. The zero-order chi connectivity index (χ0) is 13.4. The summed E-state index contributed by atoms with van der Waals surface area (Å²) in [5.41, 5.74) is 1.27. The lowest BCUT2D eigenvalue weighted by Crippen LogP contribution is -2.19. The molecule has 0 bridgehead atoms. The van der Waals surface area contributed by atoms with Crippen LogP contribution in [0.25, 0.3) is 0 Å². The Morgan fingerprint density at radius 3 is 2.39 bits per heavy atom. The molecule has 1 aromatic carbocycles. The number of hydrogen-bond donors (Lipinski definition) is 1. The molecule has 1 rings (SSSR count). The molecule has 102 valence electrons. The number of rotatable bonds is 8. The zero-order valence-corrected chi connectivity index (χ0v) is 12.0. The average molecular weight is 251 g/mol. The number of benzene rings is 1. The molecular formula is C15H25NO2. The highest BCUT2D eigenvalue weighted by atomic mass is 16.5. The molecule has 0 saturated heterocycles. The maximum atomic E-state index is 5.29. The fourth-order valence-corrected chi connectivity index (χ4v) is 1.78. The summed E-state index contributed by atoms with van der Waals surface area (Å²) in [6.45, 7) is 6.58. The van der Waals surface area contributed by atoms with Gasteiger partial charge in [0.25, 0.3) is 0 Å². The molecule has 0 atom stereocenters. The molecule has 18 heavy (non-hydrogen) atoms. The van der Waals surface area contributed by atoms with Gasteiger partial charge in [-0.15, -0.1) is 0 Å². The van der Waals surface area contributed by atoms with Gasteiger partial charge in [-0.25, -0.2) is 0 Å². The van der Waals surface area contributed by atoms with Gasteiger partial charge in [-0.05, 0) is 49.5 Å². The molecule has 0 unspecified atom stereocenters. The molecule has 0 fully saturated rings. The van der Waals surface area contributed by atoms with E-state index in [1.807, 2.05) is 12.1 Å². The molecule has 0 radical (unpaired) electrons. The summed E-state index contributed by atoms with van der Waals surface area (Å²) < 4.78 is 10.5. The van der Waals surface area contributed by atoms with E-state index in [1.165, 1.54) is 12.0 Å². The number of methoxy groups -OCH3 is 2. The van der Waals surface area contributed by atoms with E-state index in [-0.39, 0.29) is 0 Å². The summed E-state index contributed by atoms with van der Waals surface area (Å²) in [6, 6.07) is 6.09. The van der Waals surface area contributed by atoms with Crippen LogP contribution in [0.2, 0.25) is 0 Å². The van der Waals surface area contributed by atoms with E-state index in [1.54, 1.807) is 14.2 Å². The molecule has 0 spiro atoms. The standard InChI is InChI=1S/C15H25NO2/c1-12(2)7-9-16-10-8-13-5-6-14(17-3)15(11-13)18-4/h5-6,11-12,16H,7-10H2,1-4H3. The van der Waals surface area contributed by atoms with Crippen LogP contribution < -0.4 is 14.8 Å². The second-order valence-electron chi connectivity index (χ2n) is 4.87. The fraction of sp³-hybridized carbons (Fsp3) is 0.600. The molecule has 0 aliphatic rings. The molecule has 1 N–H and O–H groups in total. The van der Waals surface area contributed by atoms with Crippen molar-refractivity contribution in [2.24, 2.45) is 5.92 Å². The van der Waals surface area contributed by atoms with Crippen LogP contribution in [0.5, 0.6) is 11.5 Å². The first kappa shape index (κ1) is 14.8. The van der Waals surface area contributed by atoms with Crippen LogP contribution in [0, 0.1) is 5.92 Å². The molecule has 3 heteroatoms. The minimum Gasteiger partial charge on any atom is -0.493 e. The first-order chi connectivity index (χ1) is 8.67. The van der Waals surface area contributed by atoms with Crippen molar-refractivity contribution in [3.8, 4) is 11.5 Å². The Kier molecular flexibility index (Phi) is 6.58. The van der Waals surface area contributed by atoms with Gasteiger partial charge in [0.05, 0.1) is 14.2 Å². The average Bonchev–Trinajstić information content (AvgIpc) is 2.37. The Morgan fingerprint density at radius 1 is 1.06 bits per heavy atom. The molecule has 1 aromatic rings. The van der Waals surface area contributed by atoms with Gasteiger partial charge >= 0.3 is 0 Å². The van der Waals surface area contributed by atoms with Crippen LogP contribution >= 0.6 is 0 Å². The van der Waals surface area contributed by atoms with Gasteiger partial charge < -0.3 is 14.8 Å². The Bertz CT molecular complexity index is 350. The maximum Gasteiger partial charge on any atom is 0.160 e. The smallest absolute Gasteiger partial charge is 0.160 e. The lowest BCUT2D eigenvalue weighted by molar-refractivity contribution is 0.354. The highest BCUT2D eigenvalue weighted by Crippen LogP contribution is 2.27. The van der Waals surface area contributed by atoms with Gasteiger partial charge in [0, 0.05) is 0 Å². The van der Waals surface area contributed by atoms with Crippen molar-refractivity contribution in [1.29, 1.82) is 0 Å². The van der Waals surface area contributed by atoms with E-state index in [0.29, 0.717) is 0 Å². The SMILES string of the molecule is COc1ccc(CCNCCC(C)C)cc1OC. The molecule has 0 aromatic heterocycles. The van der Waals surface area contributed by atoms with Gasteiger partial charge in [-0.1, -0.05) is 19.9 Å². The van der Waals surface area contributed by atoms with Crippen molar-refractivity contribution in [3.05, 3.63) is 23.8 Å². The maximum absolute atomic E-state index is 5.29. The van der Waals surface area contributed by atoms with Gasteiger partial charge in [0.1, 0.15) is 0 Å². The minimum absolute atomic E-state index is 0.763. The molecule has 3 nitrogen and oxygen atoms in total. The van der Waals surface area contributed by atoms with Crippen molar-refractivity contribution >= 4 is 0 Å². The van der Waals surface area contributed by atoms with Crippen molar-refractivity contribution in [3.63, 3.8) is 0 Å². The summed E-state index contributed by atoms with van der Waals surface area (Å²) in [5.74, 6) is 2.35. The predicted octanol–water partition coefficient (Wildman–Crippen LogP) is 2.88. The summed E-state index contributed by atoms with van der Waals surface area (Å²) >= 11 is 0. The van der Waals surface area contributed by atoms with E-state index in [4.69, 9.17) is 9.47 Å². The Morgan fingerprint density at radius 2 is 1.78 bits per heavy atom. The first-order valence-electron chi connectivity index (χ1n) is 6.59. The molecule has 0 aliphatic heterocycles. The quantitative estimate of drug-likeness (QED) is 0.721. The summed E-state index contributed by atoms with van der Waals surface area (Å²) in [7, 11) is 3.33. The van der Waals surface area contributed by atoms with E-state index in [0.717, 1.165) is 36.9 Å². The third-order valence-corrected chi connectivity index (χ3v) is 2.94. The van der Waals surface area contributed by atoms with E-state index < -0.39 is 0 Å². The molecule has 0 heterocycles. The van der Waals surface area contributed by atoms with Gasteiger partial charge in [0.2, 0.25) is 0 Å². The van der Waals surface area contributed by atoms with E-state index >= 15 is 0 Å². The van der Waals surface area contributed by atoms with Gasteiger partial charge in [0.15, 0.2) is 11.5 Å². The first-order valence-corrected chi connectivity index (χ1v) is 6.59. The Balaban J connectivity index is 2.38. The normalized spacial score (nSPS) is 10.7. The minimum atomic E-state index is 0.763. The second-order valence-corrected chi connectivity index (χ2v) is 4.87. The molecule has 0 amide bonds. The van der Waals surface area contributed by atoms with E-state index in [9.17, 15) is 0 Å². The summed E-state index contributed by atoms with van der Waals surface area (Å²) in [5, 5.41) is 3.46. The molecular weight excluding hydrogens is 226 g/mol. The van der Waals surface area contributed by atoms with Crippen LogP contribution in [0.4, 0.5) is 0 Å². The highest BCUT2D eigenvalue weighted by molar-refractivity contribution is 5.42. The number of nitrogens with one attached hydrogen (secondary N) is 1. The van der Waals surface area contributed by atoms with Crippen molar-refractivity contribution in [1.82, 2.24) is 5.32 Å².